The summed E-state index contributed by atoms with van der Waals surface area (Å²) in [5.41, 5.74) is -2.25. The van der Waals surface area contributed by atoms with Gasteiger partial charge in [-0.3, -0.25) is 18.8 Å². The van der Waals surface area contributed by atoms with Crippen molar-refractivity contribution in [2.45, 2.75) is 48.6 Å². The Morgan fingerprint density at radius 2 is 1.71 bits per heavy atom. The molecule has 1 N–H and O–H groups in total. The van der Waals surface area contributed by atoms with Gasteiger partial charge >= 0.3 is 0 Å². The van der Waals surface area contributed by atoms with Crippen molar-refractivity contribution in [3.05, 3.63) is 115 Å². The van der Waals surface area contributed by atoms with E-state index in [1.165, 1.54) is 40.7 Å². The van der Waals surface area contributed by atoms with Crippen molar-refractivity contribution < 1.29 is 44.3 Å². The van der Waals surface area contributed by atoms with E-state index in [-0.39, 0.29) is 71.2 Å². The zero-order valence-electron chi connectivity index (χ0n) is 28.4. The molecule has 288 valence electrons. The van der Waals surface area contributed by atoms with Crippen molar-refractivity contribution in [3.63, 3.8) is 0 Å². The molecule has 0 radical (unpaired) electrons. The first kappa shape index (κ1) is 37.3. The monoisotopic (exact) mass is 850 g/mol. The van der Waals surface area contributed by atoms with Gasteiger partial charge in [0.1, 0.15) is 35.4 Å². The average molecular weight is 852 g/mol. The summed E-state index contributed by atoms with van der Waals surface area (Å²) in [4.78, 5) is 32.7. The Morgan fingerprint density at radius 1 is 1.02 bits per heavy atom. The molecule has 0 bridgehead atoms. The number of aromatic nitrogens is 4. The highest BCUT2D eigenvalue weighted by Crippen LogP contribution is 2.68. The number of nitrogens with zero attached hydrogens (tertiary/aromatic N) is 5. The Kier molecular flexibility index (Phi) is 9.41. The Labute approximate surface area is 317 Å². The number of hydrogen-bond donors (Lipinski definition) is 1. The lowest BCUT2D eigenvalue weighted by Crippen LogP contribution is -2.40. The molecule has 11 nitrogen and oxygen atoms in total. The molecule has 2 aromatic heterocycles. The zero-order valence-corrected chi connectivity index (χ0v) is 30.8. The molecule has 1 amide bonds. The van der Waals surface area contributed by atoms with Gasteiger partial charge in [0.2, 0.25) is 15.9 Å². The van der Waals surface area contributed by atoms with Gasteiger partial charge in [0, 0.05) is 41.5 Å². The number of carbonyl (C=O) groups is 1. The standard InChI is InChI=1S/C36H29BrF6N6O5S/c37-19-1-6-24-27(14-19)45-34(49(35(24)51)22-2-4-23(5-3-22)55(52,53)47-7-9-54-10-8-47)28(13-18-11-20(38)15-21(39)12-18)44-29(50)17-48-32-30(31(46-48)33(40)41)25-16-26(25)36(32,42)43/h1-6,11-12,14-15,25-26,28,33H,7-10,13,16-17H2,(H,44,50)/t25-,26+,28-/m1/s1. The van der Waals surface area contributed by atoms with E-state index < -0.39 is 87.7 Å². The predicted molar refractivity (Wildman–Crippen MR) is 187 cm³/mol. The third-order valence-corrected chi connectivity index (χ3v) is 12.4. The highest BCUT2D eigenvalue weighted by atomic mass is 79.9. The second kappa shape index (κ2) is 13.9. The second-order valence-corrected chi connectivity index (χ2v) is 16.4. The molecule has 8 rings (SSSR count). The molecule has 2 aliphatic carbocycles. The van der Waals surface area contributed by atoms with Crippen molar-refractivity contribution >= 4 is 42.8 Å². The number of alkyl halides is 4. The van der Waals surface area contributed by atoms with E-state index in [2.05, 4.69) is 26.3 Å². The van der Waals surface area contributed by atoms with Gasteiger partial charge in [-0.1, -0.05) is 15.9 Å². The number of sulfonamides is 1. The molecule has 3 heterocycles. The van der Waals surface area contributed by atoms with Crippen molar-refractivity contribution in [1.29, 1.82) is 0 Å². The van der Waals surface area contributed by atoms with Gasteiger partial charge in [-0.05, 0) is 72.5 Å². The number of hydrogen-bond acceptors (Lipinski definition) is 7. The molecule has 1 saturated carbocycles. The normalized spacial score (nSPS) is 19.7. The van der Waals surface area contributed by atoms with E-state index >= 15 is 8.78 Å². The Balaban J connectivity index is 1.23. The molecule has 1 saturated heterocycles. The molecule has 0 spiro atoms. The minimum Gasteiger partial charge on any atom is -0.379 e. The van der Waals surface area contributed by atoms with Crippen molar-refractivity contribution in [1.82, 2.24) is 29.0 Å². The van der Waals surface area contributed by atoms with Gasteiger partial charge in [-0.25, -0.2) is 31.0 Å². The third kappa shape index (κ3) is 6.74. The summed E-state index contributed by atoms with van der Waals surface area (Å²) in [6.45, 7) is -0.212. The van der Waals surface area contributed by atoms with Gasteiger partial charge in [0.25, 0.3) is 17.9 Å². The van der Waals surface area contributed by atoms with Crippen LogP contribution >= 0.6 is 15.9 Å². The fourth-order valence-corrected chi connectivity index (χ4v) is 9.24. The smallest absolute Gasteiger partial charge is 0.293 e. The number of benzene rings is 3. The van der Waals surface area contributed by atoms with Crippen LogP contribution in [0.15, 0.2) is 74.8 Å². The lowest BCUT2D eigenvalue weighted by Gasteiger charge is -2.26. The van der Waals surface area contributed by atoms with Crippen LogP contribution in [0.3, 0.4) is 0 Å². The summed E-state index contributed by atoms with van der Waals surface area (Å²) in [5, 5.41) is 6.45. The molecule has 3 aliphatic rings. The molecule has 2 fully saturated rings. The summed E-state index contributed by atoms with van der Waals surface area (Å²) < 4.78 is 123. The SMILES string of the molecule is O=C(Cn1nc(C(F)F)c2c1C(F)(F)[C@H]1C[C@@H]21)N[C@H](Cc1cc(F)cc(F)c1)c1nc2cc(Br)ccc2c(=O)n1-c1ccc(S(=O)(=O)N2CCOCC2)cc1. The molecule has 3 aromatic carbocycles. The number of rotatable bonds is 10. The lowest BCUT2D eigenvalue weighted by molar-refractivity contribution is -0.123. The van der Waals surface area contributed by atoms with E-state index in [0.717, 1.165) is 16.7 Å². The van der Waals surface area contributed by atoms with Crippen molar-refractivity contribution in [2.75, 3.05) is 26.3 Å². The molecule has 55 heavy (non-hydrogen) atoms. The first-order chi connectivity index (χ1) is 26.1. The highest BCUT2D eigenvalue weighted by Gasteiger charge is 2.67. The summed E-state index contributed by atoms with van der Waals surface area (Å²) in [6, 6.07) is 11.1. The number of nitrogens with one attached hydrogen (secondary N) is 1. The maximum Gasteiger partial charge on any atom is 0.293 e. The topological polar surface area (TPSA) is 128 Å². The van der Waals surface area contributed by atoms with Gasteiger partial charge in [0.15, 0.2) is 0 Å². The molecule has 1 aliphatic heterocycles. The number of halogens is 7. The van der Waals surface area contributed by atoms with E-state index in [9.17, 15) is 35.6 Å². The van der Waals surface area contributed by atoms with Crippen molar-refractivity contribution in [3.8, 4) is 5.69 Å². The molecule has 3 atom stereocenters. The number of fused-ring (bicyclic) bond motifs is 4. The van der Waals surface area contributed by atoms with Gasteiger partial charge in [0.05, 0.1) is 40.7 Å². The molecule has 19 heteroatoms. The van der Waals surface area contributed by atoms with E-state index in [4.69, 9.17) is 9.72 Å². The molecule has 5 aromatic rings. The quantitative estimate of drug-likeness (QED) is 0.174. The number of ether oxygens (including phenoxy) is 1. The largest absolute Gasteiger partial charge is 0.379 e. The Bertz CT molecular complexity index is 2510. The van der Waals surface area contributed by atoms with Crippen LogP contribution in [0.2, 0.25) is 0 Å². The van der Waals surface area contributed by atoms with Crippen LogP contribution in [0.25, 0.3) is 16.6 Å². The van der Waals surface area contributed by atoms with Crippen LogP contribution in [0, 0.1) is 17.6 Å². The third-order valence-electron chi connectivity index (χ3n) is 10.0. The first-order valence-corrected chi connectivity index (χ1v) is 19.3. The Morgan fingerprint density at radius 3 is 2.38 bits per heavy atom. The fourth-order valence-electron chi connectivity index (χ4n) is 7.49. The van der Waals surface area contributed by atoms with E-state index in [1.807, 2.05) is 0 Å². The van der Waals surface area contributed by atoms with Gasteiger partial charge < -0.3 is 10.1 Å². The number of amides is 1. The maximum atomic E-state index is 15.3. The second-order valence-electron chi connectivity index (χ2n) is 13.6. The first-order valence-electron chi connectivity index (χ1n) is 17.1. The Hall–Kier alpha value is -4.59. The van der Waals surface area contributed by atoms with E-state index in [0.29, 0.717) is 15.2 Å². The summed E-state index contributed by atoms with van der Waals surface area (Å²) in [6.07, 6.45) is -3.55. The van der Waals surface area contributed by atoms with E-state index in [1.54, 1.807) is 6.07 Å². The minimum absolute atomic E-state index is 0.0106. The predicted octanol–water partition coefficient (Wildman–Crippen LogP) is 5.89. The van der Waals surface area contributed by atoms with Crippen LogP contribution in [0.1, 0.15) is 53.1 Å². The van der Waals surface area contributed by atoms with Crippen LogP contribution in [0.4, 0.5) is 26.3 Å². The summed E-state index contributed by atoms with van der Waals surface area (Å²) in [7, 11) is -3.94. The number of carbonyl (C=O) groups excluding carboxylic acids is 1. The molecule has 0 unspecified atom stereocenters. The van der Waals surface area contributed by atoms with Gasteiger partial charge in [-0.2, -0.15) is 18.2 Å². The van der Waals surface area contributed by atoms with Crippen LogP contribution in [-0.4, -0.2) is 64.3 Å². The molecular weight excluding hydrogens is 822 g/mol. The van der Waals surface area contributed by atoms with Gasteiger partial charge in [-0.15, -0.1) is 0 Å². The lowest BCUT2D eigenvalue weighted by atomic mass is 10.0. The van der Waals surface area contributed by atoms with Crippen LogP contribution < -0.4 is 10.9 Å². The molecular formula is C36H29BrF6N6O5S. The van der Waals surface area contributed by atoms with Crippen LogP contribution in [0.5, 0.6) is 0 Å². The maximum absolute atomic E-state index is 15.3. The number of morpholine rings is 1. The zero-order chi connectivity index (χ0) is 39.0. The highest BCUT2D eigenvalue weighted by molar-refractivity contribution is 9.10. The minimum atomic E-state index is -3.94. The summed E-state index contributed by atoms with van der Waals surface area (Å²) >= 11 is 3.35. The summed E-state index contributed by atoms with van der Waals surface area (Å²) in [5.74, 6) is -8.56. The average Bonchev–Trinajstić information content (AvgIpc) is 3.79. The van der Waals surface area contributed by atoms with Crippen molar-refractivity contribution in [2.24, 2.45) is 5.92 Å². The fraction of sp³-hybridized carbons (Fsp3) is 0.333. The van der Waals surface area contributed by atoms with Crippen LogP contribution in [-0.2, 0) is 38.4 Å².